The number of thiophene rings is 1. The monoisotopic (exact) mass is 413 g/mol. The highest BCUT2D eigenvalue weighted by atomic mass is 32.1. The number of methoxy groups -OCH3 is 3. The van der Waals surface area contributed by atoms with Crippen molar-refractivity contribution in [2.75, 3.05) is 34.5 Å². The van der Waals surface area contributed by atoms with Crippen molar-refractivity contribution in [3.05, 3.63) is 52.5 Å². The molecule has 3 aromatic rings. The Labute approximate surface area is 173 Å². The summed E-state index contributed by atoms with van der Waals surface area (Å²) < 4.78 is 16.1. The molecule has 0 radical (unpaired) electrons. The Balaban J connectivity index is 1.82. The van der Waals surface area contributed by atoms with Gasteiger partial charge in [0.05, 0.1) is 30.8 Å². The first-order valence-corrected chi connectivity index (χ1v) is 10.2. The summed E-state index contributed by atoms with van der Waals surface area (Å²) in [5, 5.41) is 9.46. The Morgan fingerprint density at radius 3 is 2.69 bits per heavy atom. The van der Waals surface area contributed by atoms with Gasteiger partial charge in [-0.25, -0.2) is 0 Å². The van der Waals surface area contributed by atoms with E-state index in [1.54, 1.807) is 32.7 Å². The van der Waals surface area contributed by atoms with Gasteiger partial charge in [-0.1, -0.05) is 12.1 Å². The molecule has 4 rings (SSSR count). The lowest BCUT2D eigenvalue weighted by atomic mass is 9.97. The second-order valence-corrected chi connectivity index (χ2v) is 7.65. The maximum absolute atomic E-state index is 13.2. The van der Waals surface area contributed by atoms with Crippen LogP contribution in [0.4, 0.5) is 0 Å². The number of rotatable bonds is 8. The van der Waals surface area contributed by atoms with Crippen LogP contribution in [0.1, 0.15) is 34.1 Å². The molecule has 8 heteroatoms. The van der Waals surface area contributed by atoms with Crippen LogP contribution in [-0.2, 0) is 4.74 Å². The molecule has 1 aliphatic rings. The molecule has 7 nitrogen and oxygen atoms in total. The topological polar surface area (TPSA) is 76.7 Å². The number of fused-ring (bicyclic) bond motifs is 1. The van der Waals surface area contributed by atoms with E-state index in [1.807, 2.05) is 40.6 Å². The predicted octanol–water partition coefficient (Wildman–Crippen LogP) is 3.74. The smallest absolute Gasteiger partial charge is 0.275 e. The molecule has 1 unspecified atom stereocenters. The Hall–Kier alpha value is -2.84. The number of aromatic nitrogens is 2. The van der Waals surface area contributed by atoms with Crippen LogP contribution in [0.25, 0.3) is 10.6 Å². The quantitative estimate of drug-likeness (QED) is 0.570. The van der Waals surface area contributed by atoms with Gasteiger partial charge >= 0.3 is 0 Å². The molecule has 0 spiro atoms. The maximum atomic E-state index is 13.2. The first kappa shape index (κ1) is 19.5. The zero-order valence-corrected chi connectivity index (χ0v) is 17.4. The largest absolute Gasteiger partial charge is 0.493 e. The molecule has 0 fully saturated rings. The second-order valence-electron chi connectivity index (χ2n) is 6.70. The molecular weight excluding hydrogens is 390 g/mol. The predicted molar refractivity (Wildman–Crippen MR) is 111 cm³/mol. The third-order valence-electron chi connectivity index (χ3n) is 5.09. The Morgan fingerprint density at radius 1 is 1.17 bits per heavy atom. The standard InChI is InChI=1S/C21H23N3O4S/c1-26-10-5-9-24-20(13-7-8-14(27-2)15(12-13)28-3)17-18(16-6-4-11-29-16)22-23-19(17)21(24)25/h4,6-8,11-12,20H,5,9-10H2,1-3H3,(H,22,23). The number of amides is 1. The van der Waals surface area contributed by atoms with E-state index in [9.17, 15) is 4.79 Å². The van der Waals surface area contributed by atoms with Crippen molar-refractivity contribution in [2.45, 2.75) is 12.5 Å². The molecule has 152 valence electrons. The summed E-state index contributed by atoms with van der Waals surface area (Å²) >= 11 is 1.62. The second kappa shape index (κ2) is 8.26. The lowest BCUT2D eigenvalue weighted by molar-refractivity contribution is 0.0723. The van der Waals surface area contributed by atoms with Gasteiger partial charge in [0.25, 0.3) is 5.91 Å². The molecule has 0 saturated heterocycles. The number of nitrogens with one attached hydrogen (secondary N) is 1. The van der Waals surface area contributed by atoms with Gasteiger partial charge in [0.2, 0.25) is 0 Å². The molecule has 1 N–H and O–H groups in total. The number of hydrogen-bond donors (Lipinski definition) is 1. The van der Waals surface area contributed by atoms with Crippen LogP contribution < -0.4 is 9.47 Å². The summed E-state index contributed by atoms with van der Waals surface area (Å²) in [6.07, 6.45) is 0.744. The van der Waals surface area contributed by atoms with E-state index in [2.05, 4.69) is 10.2 Å². The number of aromatic amines is 1. The van der Waals surface area contributed by atoms with Gasteiger partial charge in [-0.05, 0) is 35.6 Å². The first-order chi connectivity index (χ1) is 14.2. The minimum atomic E-state index is -0.259. The Morgan fingerprint density at radius 2 is 2.00 bits per heavy atom. The van der Waals surface area contributed by atoms with E-state index in [-0.39, 0.29) is 11.9 Å². The molecular formula is C21H23N3O4S. The van der Waals surface area contributed by atoms with E-state index in [4.69, 9.17) is 14.2 Å². The average Bonchev–Trinajstić information content (AvgIpc) is 3.46. The number of nitrogens with zero attached hydrogens (tertiary/aromatic N) is 2. The Bertz CT molecular complexity index is 1000. The molecule has 0 saturated carbocycles. The van der Waals surface area contributed by atoms with Crippen molar-refractivity contribution in [2.24, 2.45) is 0 Å². The molecule has 1 amide bonds. The third kappa shape index (κ3) is 3.38. The maximum Gasteiger partial charge on any atom is 0.275 e. The summed E-state index contributed by atoms with van der Waals surface area (Å²) in [5.41, 5.74) is 3.22. The van der Waals surface area contributed by atoms with Crippen molar-refractivity contribution in [1.82, 2.24) is 15.1 Å². The molecule has 29 heavy (non-hydrogen) atoms. The van der Waals surface area contributed by atoms with Gasteiger partial charge in [-0.2, -0.15) is 5.10 Å². The van der Waals surface area contributed by atoms with Gasteiger partial charge < -0.3 is 19.1 Å². The molecule has 0 aliphatic carbocycles. The first-order valence-electron chi connectivity index (χ1n) is 9.33. The fourth-order valence-corrected chi connectivity index (χ4v) is 4.51. The summed E-state index contributed by atoms with van der Waals surface area (Å²) in [6, 6.07) is 9.54. The summed E-state index contributed by atoms with van der Waals surface area (Å²) in [4.78, 5) is 16.1. The highest BCUT2D eigenvalue weighted by Gasteiger charge is 2.42. The lowest BCUT2D eigenvalue weighted by Gasteiger charge is -2.27. The van der Waals surface area contributed by atoms with Gasteiger partial charge in [0.1, 0.15) is 0 Å². The summed E-state index contributed by atoms with van der Waals surface area (Å²) in [6.45, 7) is 1.16. The van der Waals surface area contributed by atoms with Crippen molar-refractivity contribution in [1.29, 1.82) is 0 Å². The zero-order valence-electron chi connectivity index (χ0n) is 16.6. The lowest BCUT2D eigenvalue weighted by Crippen LogP contribution is -2.31. The van der Waals surface area contributed by atoms with Gasteiger partial charge in [-0.15, -0.1) is 11.3 Å². The van der Waals surface area contributed by atoms with Crippen LogP contribution in [0.5, 0.6) is 11.5 Å². The van der Waals surface area contributed by atoms with Crippen LogP contribution in [0, 0.1) is 0 Å². The van der Waals surface area contributed by atoms with Gasteiger partial charge in [-0.3, -0.25) is 9.89 Å². The average molecular weight is 413 g/mol. The van der Waals surface area contributed by atoms with Crippen LogP contribution >= 0.6 is 11.3 Å². The highest BCUT2D eigenvalue weighted by Crippen LogP contribution is 2.45. The highest BCUT2D eigenvalue weighted by molar-refractivity contribution is 7.13. The fourth-order valence-electron chi connectivity index (χ4n) is 3.78. The van der Waals surface area contributed by atoms with E-state index >= 15 is 0 Å². The van der Waals surface area contributed by atoms with E-state index in [0.717, 1.165) is 28.1 Å². The van der Waals surface area contributed by atoms with Crippen molar-refractivity contribution in [3.63, 3.8) is 0 Å². The SMILES string of the molecule is COCCCN1C(=O)c2n[nH]c(-c3cccs3)c2C1c1ccc(OC)c(OC)c1. The number of carbonyl (C=O) groups is 1. The van der Waals surface area contributed by atoms with E-state index in [1.165, 1.54) is 0 Å². The van der Waals surface area contributed by atoms with Crippen molar-refractivity contribution < 1.29 is 19.0 Å². The molecule has 1 atom stereocenters. The molecule has 3 heterocycles. The normalized spacial score (nSPS) is 15.6. The van der Waals surface area contributed by atoms with Gasteiger partial charge in [0, 0.05) is 25.8 Å². The number of ether oxygens (including phenoxy) is 3. The van der Waals surface area contributed by atoms with Gasteiger partial charge in [0.15, 0.2) is 17.2 Å². The molecule has 1 aliphatic heterocycles. The minimum absolute atomic E-state index is 0.0741. The molecule has 0 bridgehead atoms. The van der Waals surface area contributed by atoms with E-state index in [0.29, 0.717) is 30.3 Å². The molecule has 2 aromatic heterocycles. The number of hydrogen-bond acceptors (Lipinski definition) is 6. The van der Waals surface area contributed by atoms with E-state index < -0.39 is 0 Å². The third-order valence-corrected chi connectivity index (χ3v) is 5.98. The fraction of sp³-hybridized carbons (Fsp3) is 0.333. The number of H-pyrrole nitrogens is 1. The number of benzene rings is 1. The van der Waals surface area contributed by atoms with Crippen molar-refractivity contribution in [3.8, 4) is 22.1 Å². The van der Waals surface area contributed by atoms with Crippen LogP contribution in [-0.4, -0.2) is 55.5 Å². The summed E-state index contributed by atoms with van der Waals surface area (Å²) in [7, 11) is 4.88. The summed E-state index contributed by atoms with van der Waals surface area (Å²) in [5.74, 6) is 1.20. The van der Waals surface area contributed by atoms with Crippen LogP contribution in [0.3, 0.4) is 0 Å². The Kier molecular flexibility index (Phi) is 5.55. The zero-order chi connectivity index (χ0) is 20.4. The minimum Gasteiger partial charge on any atom is -0.493 e. The number of carbonyl (C=O) groups excluding carboxylic acids is 1. The van der Waals surface area contributed by atoms with Crippen molar-refractivity contribution >= 4 is 17.2 Å². The molecule has 1 aromatic carbocycles. The van der Waals surface area contributed by atoms with Crippen LogP contribution in [0.2, 0.25) is 0 Å². The van der Waals surface area contributed by atoms with Crippen LogP contribution in [0.15, 0.2) is 35.7 Å².